The zero-order valence-corrected chi connectivity index (χ0v) is 23.6. The van der Waals surface area contributed by atoms with Crippen LogP contribution in [-0.2, 0) is 18.8 Å². The summed E-state index contributed by atoms with van der Waals surface area (Å²) in [5.74, 6) is 0.728. The van der Waals surface area contributed by atoms with Crippen molar-refractivity contribution in [3.63, 3.8) is 0 Å². The number of hydrogen-bond acceptors (Lipinski definition) is 7. The highest BCUT2D eigenvalue weighted by Crippen LogP contribution is 2.50. The summed E-state index contributed by atoms with van der Waals surface area (Å²) in [6.45, 7) is 25.1. The molecule has 8 heteroatoms. The van der Waals surface area contributed by atoms with Gasteiger partial charge in [-0.25, -0.2) is 9.34 Å². The van der Waals surface area contributed by atoms with Crippen LogP contribution in [0.1, 0.15) is 82.6 Å². The summed E-state index contributed by atoms with van der Waals surface area (Å²) in [4.78, 5) is 12.0. The minimum absolute atomic E-state index is 0.0932. The molecule has 0 rings (SSSR count). The maximum atomic E-state index is 12.0. The van der Waals surface area contributed by atoms with Gasteiger partial charge in [0, 0.05) is 42.4 Å². The van der Waals surface area contributed by atoms with Gasteiger partial charge in [-0.3, -0.25) is 4.79 Å². The van der Waals surface area contributed by atoms with Gasteiger partial charge >= 0.3 is 0 Å². The number of carbonyl (C=O) groups is 1. The average Bonchev–Trinajstić information content (AvgIpc) is 2.66. The van der Waals surface area contributed by atoms with E-state index >= 15 is 0 Å². The van der Waals surface area contributed by atoms with Gasteiger partial charge in [0.15, 0.2) is 19.9 Å². The molecule has 0 saturated carbocycles. The minimum atomic E-state index is -0.981. The molecule has 2 atom stereocenters. The third-order valence-corrected chi connectivity index (χ3v) is 8.91. The molecule has 186 valence electrons. The number of thioether (sulfide) groups is 1. The van der Waals surface area contributed by atoms with E-state index in [4.69, 9.17) is 14.0 Å². The van der Waals surface area contributed by atoms with Crippen molar-refractivity contribution in [2.75, 3.05) is 25.6 Å². The van der Waals surface area contributed by atoms with Gasteiger partial charge in [0.05, 0.1) is 6.61 Å². The van der Waals surface area contributed by atoms with Gasteiger partial charge in [0.25, 0.3) is 0 Å². The Morgan fingerprint density at radius 2 is 1.32 bits per heavy atom. The fourth-order valence-corrected chi connectivity index (χ4v) is 6.50. The van der Waals surface area contributed by atoms with Crippen molar-refractivity contribution >= 4 is 25.3 Å². The van der Waals surface area contributed by atoms with Crippen molar-refractivity contribution in [1.29, 1.82) is 0 Å². The highest BCUT2D eigenvalue weighted by Gasteiger charge is 2.35. The number of carbonyl (C=O) groups excluding carboxylic acids is 1. The van der Waals surface area contributed by atoms with Crippen LogP contribution in [0.25, 0.3) is 0 Å². The fourth-order valence-electron chi connectivity index (χ4n) is 3.32. The lowest BCUT2D eigenvalue weighted by Crippen LogP contribution is -2.44. The molecule has 0 heterocycles. The number of hydrogen-bond donors (Lipinski definition) is 0. The Hall–Kier alpha value is 0.250. The van der Waals surface area contributed by atoms with Gasteiger partial charge in [-0.15, -0.1) is 0 Å². The van der Waals surface area contributed by atoms with Crippen LogP contribution in [0, 0.1) is 5.92 Å². The highest BCUT2D eigenvalue weighted by atomic mass is 32.2. The molecule has 2 unspecified atom stereocenters. The molecule has 6 nitrogen and oxygen atoms in total. The third kappa shape index (κ3) is 11.8. The Kier molecular flexibility index (Phi) is 16.9. The van der Waals surface area contributed by atoms with Crippen LogP contribution in [0.3, 0.4) is 0 Å². The molecule has 0 amide bonds. The highest BCUT2D eigenvalue weighted by molar-refractivity contribution is 8.13. The molecule has 0 bridgehead atoms. The molecule has 0 spiro atoms. The van der Waals surface area contributed by atoms with Crippen LogP contribution in [0.5, 0.6) is 0 Å². The lowest BCUT2D eigenvalue weighted by atomic mass is 10.1. The van der Waals surface area contributed by atoms with Gasteiger partial charge in [-0.1, -0.05) is 25.6 Å². The first-order valence-electron chi connectivity index (χ1n) is 11.9. The van der Waals surface area contributed by atoms with E-state index in [0.717, 1.165) is 6.42 Å². The monoisotopic (exact) mass is 480 g/mol. The van der Waals surface area contributed by atoms with Gasteiger partial charge in [0.2, 0.25) is 0 Å². The van der Waals surface area contributed by atoms with E-state index in [2.05, 4.69) is 64.7 Å². The van der Waals surface area contributed by atoms with Crippen molar-refractivity contribution in [3.8, 4) is 0 Å². The Bertz CT molecular complexity index is 444. The molecular weight excluding hydrogens is 431 g/mol. The standard InChI is InChI=1S/C23H49N2O4PS/c1-12-21(11)23(26)31-15-14-28-22(27-13-2)16-29-30(24(17(3)4)18(5)6)25(19(7)8)20(9)10/h17-22H,12-16H2,1-11H3. The number of ether oxygens (including phenoxy) is 2. The smallest absolute Gasteiger partial charge is 0.191 e. The first-order valence-corrected chi connectivity index (χ1v) is 14.0. The summed E-state index contributed by atoms with van der Waals surface area (Å²) in [5, 5.41) is 0.229. The van der Waals surface area contributed by atoms with E-state index in [1.54, 1.807) is 0 Å². The largest absolute Gasteiger partial charge is 0.351 e. The van der Waals surface area contributed by atoms with Crippen LogP contribution in [0.15, 0.2) is 0 Å². The second-order valence-corrected chi connectivity index (χ2v) is 11.7. The fraction of sp³-hybridized carbons (Fsp3) is 0.957. The molecule has 0 aromatic rings. The minimum Gasteiger partial charge on any atom is -0.351 e. The molecule has 0 radical (unpaired) electrons. The van der Waals surface area contributed by atoms with Gasteiger partial charge in [-0.2, -0.15) is 0 Å². The zero-order valence-electron chi connectivity index (χ0n) is 21.9. The lowest BCUT2D eigenvalue weighted by molar-refractivity contribution is -0.152. The Morgan fingerprint density at radius 1 is 0.839 bits per heavy atom. The SMILES string of the molecule is CCOC(COP(N(C(C)C)C(C)C)N(C(C)C)C(C)C)OCCSC(=O)C(C)CC. The van der Waals surface area contributed by atoms with Crippen molar-refractivity contribution in [3.05, 3.63) is 0 Å². The summed E-state index contributed by atoms with van der Waals surface area (Å²) < 4.78 is 23.2. The molecule has 0 aliphatic heterocycles. The van der Waals surface area contributed by atoms with Crippen LogP contribution >= 0.6 is 20.2 Å². The average molecular weight is 481 g/mol. The lowest BCUT2D eigenvalue weighted by Gasteiger charge is -2.45. The van der Waals surface area contributed by atoms with E-state index in [0.29, 0.717) is 49.7 Å². The first-order chi connectivity index (χ1) is 14.5. The van der Waals surface area contributed by atoms with E-state index in [-0.39, 0.29) is 11.0 Å². The molecule has 0 aliphatic rings. The summed E-state index contributed by atoms with van der Waals surface area (Å²) >= 11 is 1.35. The molecular formula is C23H49N2O4PS. The van der Waals surface area contributed by atoms with Crippen molar-refractivity contribution in [1.82, 2.24) is 9.34 Å². The van der Waals surface area contributed by atoms with Gasteiger partial charge < -0.3 is 14.0 Å². The Labute approximate surface area is 198 Å². The number of nitrogens with zero attached hydrogens (tertiary/aromatic N) is 2. The first kappa shape index (κ1) is 31.2. The van der Waals surface area contributed by atoms with Crippen LogP contribution < -0.4 is 0 Å². The topological polar surface area (TPSA) is 51.2 Å². The third-order valence-electron chi connectivity index (χ3n) is 4.84. The predicted molar refractivity (Wildman–Crippen MR) is 135 cm³/mol. The molecule has 31 heavy (non-hydrogen) atoms. The number of rotatable bonds is 17. The van der Waals surface area contributed by atoms with E-state index in [1.165, 1.54) is 11.8 Å². The van der Waals surface area contributed by atoms with E-state index in [1.807, 2.05) is 20.8 Å². The maximum Gasteiger partial charge on any atom is 0.191 e. The molecule has 0 aliphatic carbocycles. The van der Waals surface area contributed by atoms with Gasteiger partial charge in [-0.05, 0) is 68.7 Å². The van der Waals surface area contributed by atoms with Crippen LogP contribution in [0.2, 0.25) is 0 Å². The van der Waals surface area contributed by atoms with E-state index < -0.39 is 14.7 Å². The summed E-state index contributed by atoms with van der Waals surface area (Å²) in [6, 6.07) is 1.45. The normalized spacial score (nSPS) is 14.8. The van der Waals surface area contributed by atoms with Gasteiger partial charge in [0.1, 0.15) is 6.61 Å². The van der Waals surface area contributed by atoms with E-state index in [9.17, 15) is 4.79 Å². The second kappa shape index (κ2) is 16.8. The summed E-state index contributed by atoms with van der Waals surface area (Å²) in [7, 11) is -0.981. The summed E-state index contributed by atoms with van der Waals surface area (Å²) in [5.41, 5.74) is 0. The molecule has 0 fully saturated rings. The molecule has 0 N–H and O–H groups in total. The van der Waals surface area contributed by atoms with Crippen molar-refractivity contribution in [2.45, 2.75) is 113 Å². The second-order valence-electron chi connectivity index (χ2n) is 8.92. The Balaban J connectivity index is 5.14. The van der Waals surface area contributed by atoms with Crippen LogP contribution in [0.4, 0.5) is 0 Å². The quantitative estimate of drug-likeness (QED) is 0.140. The predicted octanol–water partition coefficient (Wildman–Crippen LogP) is 6.15. The van der Waals surface area contributed by atoms with Crippen molar-refractivity contribution in [2.24, 2.45) is 5.92 Å². The molecule has 0 aromatic heterocycles. The summed E-state index contributed by atoms with van der Waals surface area (Å²) in [6.07, 6.45) is 0.437. The van der Waals surface area contributed by atoms with Crippen LogP contribution in [-0.4, -0.2) is 70.5 Å². The molecule has 0 saturated heterocycles. The zero-order chi connectivity index (χ0) is 24.1. The molecule has 0 aromatic carbocycles. The Morgan fingerprint density at radius 3 is 1.71 bits per heavy atom. The maximum absolute atomic E-state index is 12.0. The van der Waals surface area contributed by atoms with Crippen molar-refractivity contribution < 1.29 is 18.8 Å².